The van der Waals surface area contributed by atoms with Gasteiger partial charge in [-0.05, 0) is 38.1 Å². The molecule has 1 unspecified atom stereocenters. The molecule has 1 atom stereocenters. The van der Waals surface area contributed by atoms with E-state index in [2.05, 4.69) is 4.90 Å². The lowest BCUT2D eigenvalue weighted by molar-refractivity contribution is 0.148. The van der Waals surface area contributed by atoms with Gasteiger partial charge in [-0.3, -0.25) is 18.8 Å². The van der Waals surface area contributed by atoms with Crippen molar-refractivity contribution in [3.05, 3.63) is 32.6 Å². The van der Waals surface area contributed by atoms with Gasteiger partial charge in [0.05, 0.1) is 0 Å². The zero-order valence-corrected chi connectivity index (χ0v) is 13.8. The van der Waals surface area contributed by atoms with Gasteiger partial charge in [-0.15, -0.1) is 0 Å². The first-order valence-corrected chi connectivity index (χ1v) is 8.58. The summed E-state index contributed by atoms with van der Waals surface area (Å²) in [5, 5.41) is 0. The molecule has 1 aliphatic carbocycles. The maximum absolute atomic E-state index is 12.1. The molecule has 1 saturated carbocycles. The molecule has 0 bridgehead atoms. The summed E-state index contributed by atoms with van der Waals surface area (Å²) < 4.78 is 2.80. The van der Waals surface area contributed by atoms with Crippen LogP contribution in [-0.4, -0.2) is 26.6 Å². The van der Waals surface area contributed by atoms with Gasteiger partial charge < -0.3 is 0 Å². The van der Waals surface area contributed by atoms with E-state index in [1.165, 1.54) is 56.6 Å². The van der Waals surface area contributed by atoms with Crippen molar-refractivity contribution in [2.75, 3.05) is 6.54 Å². The van der Waals surface area contributed by atoms with Crippen LogP contribution in [0.15, 0.2) is 15.7 Å². The van der Waals surface area contributed by atoms with Crippen molar-refractivity contribution in [3.8, 4) is 0 Å². The zero-order chi connectivity index (χ0) is 15.7. The first-order chi connectivity index (χ1) is 10.6. The van der Waals surface area contributed by atoms with E-state index in [0.29, 0.717) is 6.04 Å². The molecule has 0 radical (unpaired) electrons. The third-order valence-corrected chi connectivity index (χ3v) is 5.60. The highest BCUT2D eigenvalue weighted by Gasteiger charge is 2.32. The lowest BCUT2D eigenvalue weighted by Gasteiger charge is -2.34. The molecule has 2 heterocycles. The van der Waals surface area contributed by atoms with Crippen LogP contribution in [0.2, 0.25) is 0 Å². The van der Waals surface area contributed by atoms with Crippen LogP contribution in [0.5, 0.6) is 0 Å². The quantitative estimate of drug-likeness (QED) is 0.853. The SMILES string of the molecule is Cn1c(CN2CCCC2C2CCCCC2)cc(=O)n(C)c1=O. The molecule has 2 fully saturated rings. The third kappa shape index (κ3) is 2.91. The Hall–Kier alpha value is -1.36. The van der Waals surface area contributed by atoms with Crippen molar-refractivity contribution in [2.24, 2.45) is 20.0 Å². The highest BCUT2D eigenvalue weighted by Crippen LogP contribution is 2.34. The van der Waals surface area contributed by atoms with E-state index < -0.39 is 0 Å². The van der Waals surface area contributed by atoms with Gasteiger partial charge in [-0.1, -0.05) is 19.3 Å². The molecule has 122 valence electrons. The van der Waals surface area contributed by atoms with Crippen molar-refractivity contribution in [3.63, 3.8) is 0 Å². The third-order valence-electron chi connectivity index (χ3n) is 5.60. The summed E-state index contributed by atoms with van der Waals surface area (Å²) in [7, 11) is 3.30. The summed E-state index contributed by atoms with van der Waals surface area (Å²) in [5.41, 5.74) is 0.415. The van der Waals surface area contributed by atoms with Gasteiger partial charge in [0.1, 0.15) is 0 Å². The fourth-order valence-electron chi connectivity index (χ4n) is 4.24. The molecule has 1 aromatic rings. The number of nitrogens with zero attached hydrogens (tertiary/aromatic N) is 3. The van der Waals surface area contributed by atoms with Crippen molar-refractivity contribution in [1.82, 2.24) is 14.0 Å². The van der Waals surface area contributed by atoms with E-state index >= 15 is 0 Å². The minimum Gasteiger partial charge on any atom is -0.299 e. The maximum atomic E-state index is 12.1. The molecule has 3 rings (SSSR count). The molecule has 2 aliphatic rings. The maximum Gasteiger partial charge on any atom is 0.330 e. The topological polar surface area (TPSA) is 47.2 Å². The molecule has 0 amide bonds. The lowest BCUT2D eigenvalue weighted by atomic mass is 9.83. The Balaban J connectivity index is 1.80. The highest BCUT2D eigenvalue weighted by atomic mass is 16.2. The number of rotatable bonds is 3. The standard InChI is InChI=1S/C17H27N3O2/c1-18-14(11-16(21)19(2)17(18)22)12-20-10-6-9-15(20)13-7-4-3-5-8-13/h11,13,15H,3-10,12H2,1-2H3. The van der Waals surface area contributed by atoms with Crippen LogP contribution in [0.4, 0.5) is 0 Å². The molecule has 22 heavy (non-hydrogen) atoms. The smallest absolute Gasteiger partial charge is 0.299 e. The molecule has 0 spiro atoms. The fraction of sp³-hybridized carbons (Fsp3) is 0.765. The number of aromatic nitrogens is 2. The lowest BCUT2D eigenvalue weighted by Crippen LogP contribution is -2.41. The number of likely N-dealkylation sites (tertiary alicyclic amines) is 1. The Kier molecular flexibility index (Phi) is 4.52. The highest BCUT2D eigenvalue weighted by molar-refractivity contribution is 5.03. The summed E-state index contributed by atoms with van der Waals surface area (Å²) >= 11 is 0. The van der Waals surface area contributed by atoms with Crippen LogP contribution in [0, 0.1) is 5.92 Å². The Labute approximate surface area is 131 Å². The van der Waals surface area contributed by atoms with Gasteiger partial charge in [0.15, 0.2) is 0 Å². The predicted octanol–water partition coefficient (Wildman–Crippen LogP) is 1.63. The number of hydrogen-bond donors (Lipinski definition) is 0. The predicted molar refractivity (Wildman–Crippen MR) is 86.9 cm³/mol. The van der Waals surface area contributed by atoms with Gasteiger partial charge >= 0.3 is 5.69 Å². The van der Waals surface area contributed by atoms with E-state index in [9.17, 15) is 9.59 Å². The second-order valence-electron chi connectivity index (χ2n) is 6.95. The molecular formula is C17H27N3O2. The Morgan fingerprint density at radius 2 is 1.73 bits per heavy atom. The molecular weight excluding hydrogens is 278 g/mol. The normalized spacial score (nSPS) is 24.0. The second kappa shape index (κ2) is 6.41. The van der Waals surface area contributed by atoms with Gasteiger partial charge in [0.2, 0.25) is 0 Å². The first-order valence-electron chi connectivity index (χ1n) is 8.58. The van der Waals surface area contributed by atoms with Crippen LogP contribution >= 0.6 is 0 Å². The Bertz CT molecular complexity index is 640. The van der Waals surface area contributed by atoms with Crippen molar-refractivity contribution in [1.29, 1.82) is 0 Å². The molecule has 1 aliphatic heterocycles. The second-order valence-corrected chi connectivity index (χ2v) is 6.95. The van der Waals surface area contributed by atoms with E-state index in [0.717, 1.165) is 24.7 Å². The molecule has 1 aromatic heterocycles. The fourth-order valence-corrected chi connectivity index (χ4v) is 4.24. The van der Waals surface area contributed by atoms with Crippen LogP contribution in [0.25, 0.3) is 0 Å². The van der Waals surface area contributed by atoms with E-state index in [-0.39, 0.29) is 11.2 Å². The summed E-state index contributed by atoms with van der Waals surface area (Å²) in [5.74, 6) is 0.805. The first kappa shape index (κ1) is 15.5. The largest absolute Gasteiger partial charge is 0.330 e. The van der Waals surface area contributed by atoms with Gasteiger partial charge in [0, 0.05) is 38.4 Å². The summed E-state index contributed by atoms with van der Waals surface area (Å²) in [6.45, 7) is 1.81. The Morgan fingerprint density at radius 1 is 1.00 bits per heavy atom. The van der Waals surface area contributed by atoms with E-state index in [1.54, 1.807) is 17.7 Å². The zero-order valence-electron chi connectivity index (χ0n) is 13.8. The Morgan fingerprint density at radius 3 is 2.45 bits per heavy atom. The summed E-state index contributed by atoms with van der Waals surface area (Å²) in [6, 6.07) is 2.26. The molecule has 0 aromatic carbocycles. The summed E-state index contributed by atoms with van der Waals surface area (Å²) in [4.78, 5) is 26.5. The number of hydrogen-bond acceptors (Lipinski definition) is 3. The van der Waals surface area contributed by atoms with Crippen LogP contribution in [0.1, 0.15) is 50.6 Å². The van der Waals surface area contributed by atoms with Crippen molar-refractivity contribution >= 4 is 0 Å². The average Bonchev–Trinajstić information content (AvgIpc) is 2.99. The molecule has 1 saturated heterocycles. The van der Waals surface area contributed by atoms with Crippen molar-refractivity contribution < 1.29 is 0 Å². The minimum atomic E-state index is -0.226. The van der Waals surface area contributed by atoms with E-state index in [1.807, 2.05) is 0 Å². The van der Waals surface area contributed by atoms with Crippen LogP contribution in [0.3, 0.4) is 0 Å². The monoisotopic (exact) mass is 305 g/mol. The van der Waals surface area contributed by atoms with Gasteiger partial charge in [0.25, 0.3) is 5.56 Å². The van der Waals surface area contributed by atoms with Crippen LogP contribution in [-0.2, 0) is 20.6 Å². The van der Waals surface area contributed by atoms with Crippen LogP contribution < -0.4 is 11.2 Å². The molecule has 0 N–H and O–H groups in total. The molecule has 5 nitrogen and oxygen atoms in total. The van der Waals surface area contributed by atoms with Gasteiger partial charge in [-0.2, -0.15) is 0 Å². The summed E-state index contributed by atoms with van der Waals surface area (Å²) in [6.07, 6.45) is 9.29. The average molecular weight is 305 g/mol. The van der Waals surface area contributed by atoms with E-state index in [4.69, 9.17) is 0 Å². The van der Waals surface area contributed by atoms with Gasteiger partial charge in [-0.25, -0.2) is 4.79 Å². The minimum absolute atomic E-state index is 0.202. The van der Waals surface area contributed by atoms with Crippen molar-refractivity contribution in [2.45, 2.75) is 57.5 Å². The molecule has 5 heteroatoms.